The van der Waals surface area contributed by atoms with Gasteiger partial charge in [-0.15, -0.1) is 0 Å². The molecule has 1 heterocycles. The number of hydrogen-bond donors (Lipinski definition) is 0. The van der Waals surface area contributed by atoms with E-state index in [1.54, 1.807) is 0 Å². The molecule has 20 heavy (non-hydrogen) atoms. The Hall–Kier alpha value is -1.32. The molecule has 0 saturated carbocycles. The zero-order chi connectivity index (χ0) is 13.9. The largest absolute Gasteiger partial charge is 0.491 e. The summed E-state index contributed by atoms with van der Waals surface area (Å²) < 4.78 is 11.7. The van der Waals surface area contributed by atoms with E-state index >= 15 is 0 Å². The number of benzene rings is 1. The normalized spacial score (nSPS) is 22.2. The molecule has 3 nitrogen and oxygen atoms in total. The van der Waals surface area contributed by atoms with Gasteiger partial charge in [-0.3, -0.25) is 4.90 Å². The van der Waals surface area contributed by atoms with Crippen molar-refractivity contribution in [1.29, 1.82) is 0 Å². The maximum Gasteiger partial charge on any atom is 0.119 e. The summed E-state index contributed by atoms with van der Waals surface area (Å²) in [5.74, 6) is 0.956. The standard InChI is InChI=1S/C17H23NO2/c1-13(2)18-8-9-19-17(11-18)12-20-16-7-6-14-4-3-5-15(14)10-16/h3-4,6-7,10,13,17H,5,8-9,11-12H2,1-2H3. The van der Waals surface area contributed by atoms with Crippen LogP contribution in [0, 0.1) is 0 Å². The van der Waals surface area contributed by atoms with E-state index < -0.39 is 0 Å². The van der Waals surface area contributed by atoms with Gasteiger partial charge < -0.3 is 9.47 Å². The second-order valence-corrected chi connectivity index (χ2v) is 5.86. The molecule has 3 heteroatoms. The monoisotopic (exact) mass is 273 g/mol. The number of fused-ring (bicyclic) bond motifs is 1. The topological polar surface area (TPSA) is 21.7 Å². The third-order valence-corrected chi connectivity index (χ3v) is 4.09. The average molecular weight is 273 g/mol. The zero-order valence-electron chi connectivity index (χ0n) is 12.3. The van der Waals surface area contributed by atoms with Crippen molar-refractivity contribution < 1.29 is 9.47 Å². The van der Waals surface area contributed by atoms with Gasteiger partial charge in [0.05, 0.1) is 6.61 Å². The first kappa shape index (κ1) is 13.7. The lowest BCUT2D eigenvalue weighted by Gasteiger charge is -2.35. The van der Waals surface area contributed by atoms with Crippen molar-refractivity contribution in [1.82, 2.24) is 4.90 Å². The molecule has 1 saturated heterocycles. The molecule has 0 N–H and O–H groups in total. The molecule has 0 spiro atoms. The first-order chi connectivity index (χ1) is 9.72. The predicted octanol–water partition coefficient (Wildman–Crippen LogP) is 2.74. The van der Waals surface area contributed by atoms with Gasteiger partial charge in [-0.25, -0.2) is 0 Å². The van der Waals surface area contributed by atoms with Gasteiger partial charge >= 0.3 is 0 Å². The Labute approximate surface area is 121 Å². The van der Waals surface area contributed by atoms with E-state index in [9.17, 15) is 0 Å². The highest BCUT2D eigenvalue weighted by Gasteiger charge is 2.22. The third kappa shape index (κ3) is 3.05. The number of nitrogens with zero attached hydrogens (tertiary/aromatic N) is 1. The third-order valence-electron chi connectivity index (χ3n) is 4.09. The Balaban J connectivity index is 1.54. The van der Waals surface area contributed by atoms with Crippen LogP contribution in [0.1, 0.15) is 25.0 Å². The Morgan fingerprint density at radius 1 is 1.40 bits per heavy atom. The summed E-state index contributed by atoms with van der Waals surface area (Å²) in [7, 11) is 0. The summed E-state index contributed by atoms with van der Waals surface area (Å²) in [5, 5.41) is 0. The summed E-state index contributed by atoms with van der Waals surface area (Å²) in [4.78, 5) is 2.45. The van der Waals surface area contributed by atoms with Gasteiger partial charge in [-0.2, -0.15) is 0 Å². The molecular weight excluding hydrogens is 250 g/mol. The molecule has 0 bridgehead atoms. The highest BCUT2D eigenvalue weighted by atomic mass is 16.5. The summed E-state index contributed by atoms with van der Waals surface area (Å²) >= 11 is 0. The fourth-order valence-corrected chi connectivity index (χ4v) is 2.83. The molecule has 1 aliphatic carbocycles. The van der Waals surface area contributed by atoms with Crippen LogP contribution in [-0.2, 0) is 11.2 Å². The van der Waals surface area contributed by atoms with Crippen LogP contribution in [0.4, 0.5) is 0 Å². The molecule has 1 aromatic carbocycles. The molecule has 0 aromatic heterocycles. The number of rotatable bonds is 4. The molecule has 0 amide bonds. The molecule has 1 aromatic rings. The minimum absolute atomic E-state index is 0.178. The van der Waals surface area contributed by atoms with E-state index in [1.165, 1.54) is 11.1 Å². The van der Waals surface area contributed by atoms with Crippen LogP contribution in [0.3, 0.4) is 0 Å². The van der Waals surface area contributed by atoms with Crippen LogP contribution in [0.5, 0.6) is 5.75 Å². The molecular formula is C17H23NO2. The lowest BCUT2D eigenvalue weighted by molar-refractivity contribution is -0.0564. The van der Waals surface area contributed by atoms with E-state index in [-0.39, 0.29) is 6.10 Å². The van der Waals surface area contributed by atoms with Gasteiger partial charge in [0.25, 0.3) is 0 Å². The molecule has 1 unspecified atom stereocenters. The van der Waals surface area contributed by atoms with Crippen LogP contribution in [0.2, 0.25) is 0 Å². The number of ether oxygens (including phenoxy) is 2. The molecule has 2 aliphatic rings. The van der Waals surface area contributed by atoms with Crippen molar-refractivity contribution in [2.75, 3.05) is 26.3 Å². The van der Waals surface area contributed by atoms with Crippen molar-refractivity contribution in [2.24, 2.45) is 0 Å². The predicted molar refractivity (Wildman–Crippen MR) is 81.1 cm³/mol. The Morgan fingerprint density at radius 3 is 3.15 bits per heavy atom. The first-order valence-electron chi connectivity index (χ1n) is 7.50. The molecule has 3 rings (SSSR count). The smallest absolute Gasteiger partial charge is 0.119 e. The minimum Gasteiger partial charge on any atom is -0.491 e. The van der Waals surface area contributed by atoms with Gasteiger partial charge in [0, 0.05) is 19.1 Å². The summed E-state index contributed by atoms with van der Waals surface area (Å²) in [5.41, 5.74) is 2.67. The average Bonchev–Trinajstić information content (AvgIpc) is 2.93. The van der Waals surface area contributed by atoms with Crippen molar-refractivity contribution >= 4 is 6.08 Å². The van der Waals surface area contributed by atoms with E-state index in [0.29, 0.717) is 12.6 Å². The van der Waals surface area contributed by atoms with E-state index in [0.717, 1.165) is 31.9 Å². The Kier molecular flexibility index (Phi) is 4.08. The first-order valence-corrected chi connectivity index (χ1v) is 7.50. The minimum atomic E-state index is 0.178. The Morgan fingerprint density at radius 2 is 2.30 bits per heavy atom. The van der Waals surface area contributed by atoms with Crippen LogP contribution in [-0.4, -0.2) is 43.3 Å². The number of hydrogen-bond acceptors (Lipinski definition) is 3. The van der Waals surface area contributed by atoms with Crippen molar-refractivity contribution in [3.8, 4) is 5.75 Å². The molecule has 1 atom stereocenters. The van der Waals surface area contributed by atoms with Gasteiger partial charge in [-0.05, 0) is 43.5 Å². The van der Waals surface area contributed by atoms with Gasteiger partial charge in [0.2, 0.25) is 0 Å². The van der Waals surface area contributed by atoms with Crippen LogP contribution in [0.25, 0.3) is 6.08 Å². The highest BCUT2D eigenvalue weighted by Crippen LogP contribution is 2.24. The molecule has 1 fully saturated rings. The fourth-order valence-electron chi connectivity index (χ4n) is 2.83. The molecule has 1 aliphatic heterocycles. The van der Waals surface area contributed by atoms with Crippen molar-refractivity contribution in [2.45, 2.75) is 32.4 Å². The maximum atomic E-state index is 5.92. The Bertz CT molecular complexity index is 496. The number of morpholine rings is 1. The van der Waals surface area contributed by atoms with E-state index in [1.807, 2.05) is 0 Å². The summed E-state index contributed by atoms with van der Waals surface area (Å²) in [6, 6.07) is 6.92. The van der Waals surface area contributed by atoms with Gasteiger partial charge in [0.15, 0.2) is 0 Å². The summed E-state index contributed by atoms with van der Waals surface area (Å²) in [6.07, 6.45) is 5.56. The van der Waals surface area contributed by atoms with Gasteiger partial charge in [-0.1, -0.05) is 18.2 Å². The molecule has 0 radical (unpaired) electrons. The molecule has 108 valence electrons. The number of allylic oxidation sites excluding steroid dienone is 1. The summed E-state index contributed by atoms with van der Waals surface area (Å²) in [6.45, 7) is 7.89. The van der Waals surface area contributed by atoms with E-state index in [2.05, 4.69) is 49.1 Å². The van der Waals surface area contributed by atoms with Crippen LogP contribution >= 0.6 is 0 Å². The van der Waals surface area contributed by atoms with Gasteiger partial charge in [0.1, 0.15) is 18.5 Å². The zero-order valence-corrected chi connectivity index (χ0v) is 12.3. The maximum absolute atomic E-state index is 5.92. The fraction of sp³-hybridized carbons (Fsp3) is 0.529. The van der Waals surface area contributed by atoms with Crippen LogP contribution in [0.15, 0.2) is 24.3 Å². The second kappa shape index (κ2) is 5.98. The second-order valence-electron chi connectivity index (χ2n) is 5.86. The van der Waals surface area contributed by atoms with Crippen molar-refractivity contribution in [3.63, 3.8) is 0 Å². The van der Waals surface area contributed by atoms with Crippen LogP contribution < -0.4 is 4.74 Å². The SMILES string of the molecule is CC(C)N1CCOC(COc2ccc3c(c2)CC=C3)C1. The lowest BCUT2D eigenvalue weighted by Crippen LogP contribution is -2.47. The lowest BCUT2D eigenvalue weighted by atomic mass is 10.1. The highest BCUT2D eigenvalue weighted by molar-refractivity contribution is 5.61. The van der Waals surface area contributed by atoms with Crippen molar-refractivity contribution in [3.05, 3.63) is 35.4 Å². The quantitative estimate of drug-likeness (QED) is 0.842. The van der Waals surface area contributed by atoms with E-state index in [4.69, 9.17) is 9.47 Å².